The molecule has 19 nitrogen and oxygen atoms in total. The molecule has 11 atom stereocenters. The molecule has 362 valence electrons. The van der Waals surface area contributed by atoms with Crippen molar-refractivity contribution in [2.24, 2.45) is 21.8 Å². The van der Waals surface area contributed by atoms with E-state index in [-0.39, 0.29) is 41.0 Å². The Morgan fingerprint density at radius 2 is 1.51 bits per heavy atom. The van der Waals surface area contributed by atoms with Gasteiger partial charge in [0, 0.05) is 32.1 Å². The van der Waals surface area contributed by atoms with Crippen LogP contribution in [0.5, 0.6) is 0 Å². The Bertz CT molecular complexity index is 2360. The average molecular weight is 934 g/mol. The van der Waals surface area contributed by atoms with Gasteiger partial charge in [-0.1, -0.05) is 62.4 Å². The molecule has 5 N–H and O–H groups in total. The fourth-order valence-corrected chi connectivity index (χ4v) is 10.1. The van der Waals surface area contributed by atoms with Gasteiger partial charge in [0.15, 0.2) is 23.6 Å². The van der Waals surface area contributed by atoms with Crippen molar-refractivity contribution < 1.29 is 77.3 Å². The minimum Gasteiger partial charge on any atom is -0.456 e. The Kier molecular flexibility index (Phi) is 14.0. The number of nitrogens with zero attached hydrogens (tertiary/aromatic N) is 1. The van der Waals surface area contributed by atoms with Gasteiger partial charge in [-0.05, 0) is 70.4 Å². The van der Waals surface area contributed by atoms with Crippen molar-refractivity contribution in [3.05, 3.63) is 82.9 Å². The number of rotatable bonds is 11. The molecule has 1 heterocycles. The summed E-state index contributed by atoms with van der Waals surface area (Å²) in [5.74, 6) is -7.41. The number of esters is 4. The Hall–Kier alpha value is -6.02. The first-order valence-electron chi connectivity index (χ1n) is 21.9. The van der Waals surface area contributed by atoms with Crippen LogP contribution < -0.4 is 10.7 Å². The van der Waals surface area contributed by atoms with Gasteiger partial charge >= 0.3 is 30.0 Å². The van der Waals surface area contributed by atoms with E-state index in [1.54, 1.807) is 57.2 Å². The summed E-state index contributed by atoms with van der Waals surface area (Å²) in [4.78, 5) is 96.0. The highest BCUT2D eigenvalue weighted by Gasteiger charge is 2.78. The highest BCUT2D eigenvalue weighted by Crippen LogP contribution is 2.64. The van der Waals surface area contributed by atoms with Crippen LogP contribution in [0.1, 0.15) is 104 Å². The molecule has 3 aliphatic carbocycles. The summed E-state index contributed by atoms with van der Waals surface area (Å²) >= 11 is 0. The maximum atomic E-state index is 15.5. The Morgan fingerprint density at radius 3 is 2.06 bits per heavy atom. The maximum Gasteiger partial charge on any atom is 0.428 e. The summed E-state index contributed by atoms with van der Waals surface area (Å²) in [6.07, 6.45) is -11.9. The van der Waals surface area contributed by atoms with Crippen LogP contribution in [0, 0.1) is 16.7 Å². The van der Waals surface area contributed by atoms with Gasteiger partial charge in [-0.15, -0.1) is 0 Å². The first-order valence-corrected chi connectivity index (χ1v) is 21.9. The molecule has 2 aromatic carbocycles. The first kappa shape index (κ1) is 50.4. The minimum atomic E-state index is -2.45. The SMILES string of the molecule is CC(=O)O[C@H]1C(=O)[C@@]2(C)[C@H]([C@H](OC(=O)c3ccccc3)[C@]3(O)C[C@H](OC(=O)[C@H](O)[C@@H](NC(=O)/C(C)=N/NC(=O)OC(C)(C)C)c4ccccc4)C(C)=C1C3(C)C)[C@]1(OC(C)=O)CO[C@@H]1C[C@@H]2O. The standard InChI is InChI=1S/C48H59N3O16/c1-24-30(64-42(59)35(55)34(28-17-13-11-14-18-28)49-40(57)25(2)50-51-43(60)67-44(5,6)7)22-48(61)39(65-41(58)29-19-15-12-16-20-29)37-46(10,31(54)21-32-47(37,23-62-32)66-27(4)53)38(56)36(63-26(3)52)33(24)45(48,8)9/h11-20,30-32,34-37,39,54-55,61H,21-23H2,1-10H3,(H,49,57)(H,51,60)/b50-25+/t30-,31-,32+,34-,35+,36+,37-,39-,46+,47-,48+/m0/s1. The molecular formula is C48H59N3O16. The van der Waals surface area contributed by atoms with E-state index in [1.807, 2.05) is 0 Å². The quantitative estimate of drug-likeness (QED) is 0.0711. The molecule has 0 radical (unpaired) electrons. The highest BCUT2D eigenvalue weighted by molar-refractivity contribution is 6.38. The molecule has 19 heteroatoms. The zero-order valence-corrected chi connectivity index (χ0v) is 39.1. The van der Waals surface area contributed by atoms with Crippen LogP contribution in [0.15, 0.2) is 76.9 Å². The number of nitrogens with one attached hydrogen (secondary N) is 2. The summed E-state index contributed by atoms with van der Waals surface area (Å²) in [7, 11) is 0. The molecule has 0 aromatic heterocycles. The van der Waals surface area contributed by atoms with E-state index >= 15 is 4.79 Å². The lowest BCUT2D eigenvalue weighted by Crippen LogP contribution is -2.82. The Balaban J connectivity index is 1.47. The second kappa shape index (κ2) is 18.6. The first-order chi connectivity index (χ1) is 31.2. The average Bonchev–Trinajstić information content (AvgIpc) is 3.25. The van der Waals surface area contributed by atoms with Gasteiger partial charge in [0.2, 0.25) is 0 Å². The molecular weight excluding hydrogens is 875 g/mol. The third-order valence-corrected chi connectivity index (χ3v) is 13.5. The number of aliphatic hydroxyl groups excluding tert-OH is 2. The number of benzene rings is 2. The van der Waals surface area contributed by atoms with E-state index in [2.05, 4.69) is 15.8 Å². The Labute approximate surface area is 387 Å². The van der Waals surface area contributed by atoms with Gasteiger partial charge in [0.05, 0.1) is 35.6 Å². The number of amides is 2. The molecule has 0 spiro atoms. The van der Waals surface area contributed by atoms with Crippen molar-refractivity contribution in [1.29, 1.82) is 0 Å². The van der Waals surface area contributed by atoms with Crippen LogP contribution >= 0.6 is 0 Å². The molecule has 1 aliphatic heterocycles. The maximum absolute atomic E-state index is 15.5. The molecule has 67 heavy (non-hydrogen) atoms. The number of aliphatic hydroxyl groups is 3. The predicted octanol–water partition coefficient (Wildman–Crippen LogP) is 3.32. The van der Waals surface area contributed by atoms with Crippen molar-refractivity contribution in [2.45, 2.75) is 142 Å². The third-order valence-electron chi connectivity index (χ3n) is 13.5. The lowest BCUT2D eigenvalue weighted by Gasteiger charge is -2.67. The molecule has 1 saturated heterocycles. The summed E-state index contributed by atoms with van der Waals surface area (Å²) in [6.45, 7) is 14.0. The van der Waals surface area contributed by atoms with Gasteiger partial charge in [0.1, 0.15) is 35.2 Å². The van der Waals surface area contributed by atoms with Crippen LogP contribution in [0.4, 0.5) is 4.79 Å². The van der Waals surface area contributed by atoms with Crippen molar-refractivity contribution in [3.8, 4) is 0 Å². The second-order valence-electron chi connectivity index (χ2n) is 19.3. The molecule has 3 fully saturated rings. The number of hydrogen-bond acceptors (Lipinski definition) is 17. The zero-order chi connectivity index (χ0) is 49.6. The van der Waals surface area contributed by atoms with Gasteiger partial charge in [-0.25, -0.2) is 19.8 Å². The van der Waals surface area contributed by atoms with E-state index in [0.29, 0.717) is 0 Å². The molecule has 2 aromatic rings. The van der Waals surface area contributed by atoms with Crippen molar-refractivity contribution in [1.82, 2.24) is 10.7 Å². The number of carbonyl (C=O) groups excluding carboxylic acids is 7. The summed E-state index contributed by atoms with van der Waals surface area (Å²) in [5, 5.41) is 44.0. The smallest absolute Gasteiger partial charge is 0.428 e. The van der Waals surface area contributed by atoms with Gasteiger partial charge < -0.3 is 49.1 Å². The van der Waals surface area contributed by atoms with Gasteiger partial charge in [-0.3, -0.25) is 19.2 Å². The molecule has 4 aliphatic rings. The number of hydrogen-bond donors (Lipinski definition) is 5. The number of carbonyl (C=O) groups is 7. The van der Waals surface area contributed by atoms with E-state index < -0.39 is 124 Å². The normalized spacial score (nSPS) is 30.8. The molecule has 0 unspecified atom stereocenters. The van der Waals surface area contributed by atoms with Crippen LogP contribution in [0.2, 0.25) is 0 Å². The van der Waals surface area contributed by atoms with Gasteiger partial charge in [0.25, 0.3) is 5.91 Å². The lowest BCUT2D eigenvalue weighted by molar-refractivity contribution is -0.346. The number of Topliss-reactive ketones (excluding diaryl/α,β-unsaturated/α-hetero) is 1. The van der Waals surface area contributed by atoms with E-state index in [0.717, 1.165) is 13.8 Å². The van der Waals surface area contributed by atoms with E-state index in [4.69, 9.17) is 28.4 Å². The van der Waals surface area contributed by atoms with E-state index in [1.165, 1.54) is 58.9 Å². The highest BCUT2D eigenvalue weighted by atomic mass is 16.6. The molecule has 2 saturated carbocycles. The monoisotopic (exact) mass is 933 g/mol. The van der Waals surface area contributed by atoms with Gasteiger partial charge in [-0.2, -0.15) is 5.10 Å². The minimum absolute atomic E-state index is 0.0415. The fourth-order valence-electron chi connectivity index (χ4n) is 10.1. The number of ether oxygens (including phenoxy) is 6. The molecule has 2 bridgehead atoms. The van der Waals surface area contributed by atoms with Crippen molar-refractivity contribution in [3.63, 3.8) is 0 Å². The summed E-state index contributed by atoms with van der Waals surface area (Å²) in [5.41, 5.74) is -6.73. The fraction of sp³-hybridized carbons (Fsp3) is 0.542. The molecule has 2 amide bonds. The second-order valence-corrected chi connectivity index (χ2v) is 19.3. The van der Waals surface area contributed by atoms with Crippen LogP contribution in [-0.4, -0.2) is 123 Å². The van der Waals surface area contributed by atoms with Crippen molar-refractivity contribution in [2.75, 3.05) is 6.61 Å². The predicted molar refractivity (Wildman–Crippen MR) is 234 cm³/mol. The number of ketones is 1. The zero-order valence-electron chi connectivity index (χ0n) is 39.1. The van der Waals surface area contributed by atoms with E-state index in [9.17, 15) is 44.1 Å². The van der Waals surface area contributed by atoms with Crippen LogP contribution in [0.25, 0.3) is 0 Å². The third kappa shape index (κ3) is 9.33. The Morgan fingerprint density at radius 1 is 0.896 bits per heavy atom. The van der Waals surface area contributed by atoms with Crippen LogP contribution in [-0.2, 0) is 52.4 Å². The van der Waals surface area contributed by atoms with Crippen molar-refractivity contribution >= 4 is 47.4 Å². The van der Waals surface area contributed by atoms with Crippen LogP contribution in [0.3, 0.4) is 0 Å². The molecule has 6 rings (SSSR count). The number of hydrazone groups is 1. The lowest BCUT2D eigenvalue weighted by atomic mass is 9.44. The topological polar surface area (TPSA) is 272 Å². The number of fused-ring (bicyclic) bond motifs is 5. The largest absolute Gasteiger partial charge is 0.456 e. The summed E-state index contributed by atoms with van der Waals surface area (Å²) in [6, 6.07) is 14.1. The summed E-state index contributed by atoms with van der Waals surface area (Å²) < 4.78 is 35.4.